The number of aliphatic hydroxyl groups excluding tert-OH is 1. The van der Waals surface area contributed by atoms with Crippen molar-refractivity contribution in [3.05, 3.63) is 45.8 Å². The van der Waals surface area contributed by atoms with Crippen LogP contribution in [0.4, 0.5) is 0 Å². The molecule has 1 heterocycles. The summed E-state index contributed by atoms with van der Waals surface area (Å²) in [4.78, 5) is 13.0. The van der Waals surface area contributed by atoms with Crippen LogP contribution in [0.3, 0.4) is 0 Å². The topological polar surface area (TPSA) is 73.6 Å². The monoisotopic (exact) mass is 426 g/mol. The summed E-state index contributed by atoms with van der Waals surface area (Å²) in [6.07, 6.45) is 1.41. The lowest BCUT2D eigenvalue weighted by molar-refractivity contribution is 0.0322. The van der Waals surface area contributed by atoms with Crippen LogP contribution in [-0.2, 0) is 17.6 Å². The predicted octanol–water partition coefficient (Wildman–Crippen LogP) is 3.76. The Morgan fingerprint density at radius 1 is 1.26 bits per heavy atom. The van der Waals surface area contributed by atoms with Crippen LogP contribution in [0, 0.1) is 32.1 Å². The Morgan fingerprint density at radius 3 is 2.58 bits per heavy atom. The van der Waals surface area contributed by atoms with Gasteiger partial charge in [0.15, 0.2) is 0 Å². The minimum Gasteiger partial charge on any atom is -0.490 e. The molecular weight excluding hydrogens is 392 g/mol. The van der Waals surface area contributed by atoms with E-state index in [1.165, 1.54) is 5.56 Å². The molecule has 4 rings (SSSR count). The molecule has 0 spiro atoms. The highest BCUT2D eigenvalue weighted by Crippen LogP contribution is 2.70. The van der Waals surface area contributed by atoms with Crippen LogP contribution in [0.5, 0.6) is 5.75 Å². The second kappa shape index (κ2) is 8.06. The van der Waals surface area contributed by atoms with Crippen molar-refractivity contribution in [3.8, 4) is 5.75 Å². The first-order valence-corrected chi connectivity index (χ1v) is 11.2. The van der Waals surface area contributed by atoms with E-state index < -0.39 is 6.10 Å². The van der Waals surface area contributed by atoms with Gasteiger partial charge < -0.3 is 14.6 Å². The lowest BCUT2D eigenvalue weighted by Crippen LogP contribution is -2.23. The number of aryl methyl sites for hydroxylation is 4. The van der Waals surface area contributed by atoms with Gasteiger partial charge in [0.25, 0.3) is 0 Å². The Kier molecular flexibility index (Phi) is 5.73. The average molecular weight is 427 g/mol. The van der Waals surface area contributed by atoms with Crippen molar-refractivity contribution in [2.75, 3.05) is 20.3 Å². The number of carbonyl (C=O) groups is 1. The van der Waals surface area contributed by atoms with Gasteiger partial charge in [-0.05, 0) is 67.6 Å². The molecule has 6 nitrogen and oxygen atoms in total. The molecule has 0 bridgehead atoms. The lowest BCUT2D eigenvalue weighted by Gasteiger charge is -2.16. The fourth-order valence-electron chi connectivity index (χ4n) is 5.49. The fraction of sp³-hybridized carbons (Fsp3) is 0.600. The molecule has 31 heavy (non-hydrogen) atoms. The van der Waals surface area contributed by atoms with E-state index in [0.29, 0.717) is 30.1 Å². The zero-order chi connectivity index (χ0) is 22.5. The maximum atomic E-state index is 13.0. The second-order valence-electron chi connectivity index (χ2n) is 9.84. The van der Waals surface area contributed by atoms with Gasteiger partial charge in [-0.1, -0.05) is 26.0 Å². The Morgan fingerprint density at radius 2 is 1.94 bits per heavy atom. The second-order valence-corrected chi connectivity index (χ2v) is 9.84. The van der Waals surface area contributed by atoms with Gasteiger partial charge in [-0.15, -0.1) is 0 Å². The van der Waals surface area contributed by atoms with Crippen LogP contribution < -0.4 is 4.74 Å². The Hall–Kier alpha value is -2.18. The van der Waals surface area contributed by atoms with Gasteiger partial charge in [0, 0.05) is 19.1 Å². The lowest BCUT2D eigenvalue weighted by atomic mass is 9.98. The summed E-state index contributed by atoms with van der Waals surface area (Å²) < 4.78 is 12.4. The highest BCUT2D eigenvalue weighted by atomic mass is 16.5. The van der Waals surface area contributed by atoms with Crippen LogP contribution in [0.15, 0.2) is 12.1 Å². The van der Waals surface area contributed by atoms with E-state index in [9.17, 15) is 9.90 Å². The van der Waals surface area contributed by atoms with E-state index in [-0.39, 0.29) is 19.1 Å². The van der Waals surface area contributed by atoms with Gasteiger partial charge in [-0.2, -0.15) is 5.10 Å². The molecule has 1 aromatic carbocycles. The molecule has 1 N–H and O–H groups in total. The summed E-state index contributed by atoms with van der Waals surface area (Å²) in [5.41, 5.74) is 6.96. The maximum Gasteiger partial charge on any atom is 0.247 e. The van der Waals surface area contributed by atoms with Gasteiger partial charge in [-0.3, -0.25) is 4.79 Å². The van der Waals surface area contributed by atoms with Gasteiger partial charge in [0.2, 0.25) is 5.91 Å². The summed E-state index contributed by atoms with van der Waals surface area (Å²) in [5.74, 6) is 2.09. The number of hydrogen-bond donors (Lipinski definition) is 1. The van der Waals surface area contributed by atoms with E-state index in [2.05, 4.69) is 31.1 Å². The van der Waals surface area contributed by atoms with Crippen molar-refractivity contribution in [2.45, 2.75) is 65.9 Å². The molecule has 6 heteroatoms. The molecule has 0 radical (unpaired) electrons. The van der Waals surface area contributed by atoms with Gasteiger partial charge in [0.05, 0.1) is 18.0 Å². The molecule has 1 fully saturated rings. The molecule has 3 unspecified atom stereocenters. The van der Waals surface area contributed by atoms with Gasteiger partial charge in [-0.25, -0.2) is 4.68 Å². The molecule has 2 aliphatic carbocycles. The number of nitrogens with zero attached hydrogens (tertiary/aromatic N) is 2. The number of rotatable bonds is 8. The first kappa shape index (κ1) is 22.0. The van der Waals surface area contributed by atoms with E-state index in [4.69, 9.17) is 9.47 Å². The van der Waals surface area contributed by atoms with E-state index >= 15 is 0 Å². The van der Waals surface area contributed by atoms with E-state index in [1.807, 2.05) is 20.8 Å². The zero-order valence-corrected chi connectivity index (χ0v) is 19.5. The predicted molar refractivity (Wildman–Crippen MR) is 119 cm³/mol. The number of carbonyl (C=O) groups excluding carboxylic acids is 1. The smallest absolute Gasteiger partial charge is 0.247 e. The van der Waals surface area contributed by atoms with Crippen molar-refractivity contribution >= 4 is 5.91 Å². The first-order valence-electron chi connectivity index (χ1n) is 11.2. The number of aromatic nitrogens is 2. The molecule has 1 saturated carbocycles. The molecule has 1 aromatic heterocycles. The summed E-state index contributed by atoms with van der Waals surface area (Å²) in [6.45, 7) is 11.1. The minimum absolute atomic E-state index is 0.0711. The van der Waals surface area contributed by atoms with Crippen LogP contribution in [0.2, 0.25) is 0 Å². The molecule has 2 aromatic rings. The largest absolute Gasteiger partial charge is 0.490 e. The Bertz CT molecular complexity index is 984. The maximum absolute atomic E-state index is 13.0. The number of hydrogen-bond acceptors (Lipinski definition) is 5. The third-order valence-electron chi connectivity index (χ3n) is 7.14. The molecular formula is C25H34N2O4. The third-order valence-corrected chi connectivity index (χ3v) is 7.14. The molecule has 168 valence electrons. The molecule has 2 aliphatic rings. The Labute approximate surface area is 184 Å². The van der Waals surface area contributed by atoms with Gasteiger partial charge in [0.1, 0.15) is 18.5 Å². The molecule has 3 atom stereocenters. The van der Waals surface area contributed by atoms with Crippen LogP contribution in [0.1, 0.15) is 64.6 Å². The van der Waals surface area contributed by atoms with Crippen molar-refractivity contribution in [1.29, 1.82) is 0 Å². The number of fused-ring (bicyclic) bond motifs is 3. The summed E-state index contributed by atoms with van der Waals surface area (Å²) in [6, 6.07) is 4.13. The minimum atomic E-state index is -0.656. The highest BCUT2D eigenvalue weighted by molar-refractivity contribution is 5.80. The van der Waals surface area contributed by atoms with Crippen molar-refractivity contribution < 1.29 is 19.4 Å². The highest BCUT2D eigenvalue weighted by Gasteiger charge is 2.64. The normalized spacial score (nSPS) is 21.5. The molecule has 0 amide bonds. The zero-order valence-electron chi connectivity index (χ0n) is 19.5. The van der Waals surface area contributed by atoms with Crippen molar-refractivity contribution in [2.24, 2.45) is 11.3 Å². The summed E-state index contributed by atoms with van der Waals surface area (Å²) in [7, 11) is 1.55. The number of ether oxygens (including phenoxy) is 2. The average Bonchev–Trinajstić information content (AvgIpc) is 3.02. The SMILES string of the molecule is COCC(O)COc1c(C)cc(CCC(=O)n2nc(C)c3c2CC2C3C2(C)C)cc1C. The fourth-order valence-corrected chi connectivity index (χ4v) is 5.49. The quantitative estimate of drug-likeness (QED) is 0.696. The number of methoxy groups -OCH3 is 1. The summed E-state index contributed by atoms with van der Waals surface area (Å²) in [5, 5.41) is 14.4. The third kappa shape index (κ3) is 3.92. The van der Waals surface area contributed by atoms with Crippen LogP contribution in [0.25, 0.3) is 0 Å². The first-order chi connectivity index (χ1) is 14.6. The standard InChI is InChI=1S/C25H34N2O4/c1-14-9-17(10-15(2)24(14)31-13-18(28)12-30-6)7-8-21(29)27-20-11-19-23(25(19,4)5)22(20)16(3)26-27/h9-10,18-19,23,28H,7-8,11-13H2,1-6H3. The molecule has 0 aliphatic heterocycles. The van der Waals surface area contributed by atoms with Crippen LogP contribution in [-0.4, -0.2) is 47.2 Å². The van der Waals surface area contributed by atoms with Gasteiger partial charge >= 0.3 is 0 Å². The number of benzene rings is 1. The molecule has 0 saturated heterocycles. The van der Waals surface area contributed by atoms with E-state index in [0.717, 1.165) is 40.2 Å². The number of aliphatic hydroxyl groups is 1. The Balaban J connectivity index is 1.41. The van der Waals surface area contributed by atoms with E-state index in [1.54, 1.807) is 11.8 Å². The van der Waals surface area contributed by atoms with Crippen molar-refractivity contribution in [1.82, 2.24) is 9.78 Å². The summed E-state index contributed by atoms with van der Waals surface area (Å²) >= 11 is 0. The van der Waals surface area contributed by atoms with Crippen LogP contribution >= 0.6 is 0 Å². The van der Waals surface area contributed by atoms with Crippen molar-refractivity contribution in [3.63, 3.8) is 0 Å².